The van der Waals surface area contributed by atoms with Crippen LogP contribution in [0.5, 0.6) is 0 Å². The first-order valence-corrected chi connectivity index (χ1v) is 9.09. The van der Waals surface area contributed by atoms with Gasteiger partial charge in [0.2, 0.25) is 11.8 Å². The van der Waals surface area contributed by atoms with Crippen LogP contribution in [0.4, 0.5) is 0 Å². The molecule has 9 nitrogen and oxygen atoms in total. The third-order valence-corrected chi connectivity index (χ3v) is 5.49. The van der Waals surface area contributed by atoms with Crippen molar-refractivity contribution in [1.29, 1.82) is 0 Å². The number of piperidine rings is 2. The molecule has 1 aromatic rings. The van der Waals surface area contributed by atoms with Crippen LogP contribution in [0.1, 0.15) is 42.2 Å². The van der Waals surface area contributed by atoms with Crippen molar-refractivity contribution < 1.29 is 18.8 Å². The van der Waals surface area contributed by atoms with Gasteiger partial charge in [0.1, 0.15) is 0 Å². The lowest BCUT2D eigenvalue weighted by Crippen LogP contribution is -2.52. The standard InChI is InChI=1S/C17H27N5O4/c1-18-16(24)15-19-13(26-20-15)11-21-7-5-17(6-8-21)4-3-14(23)22(12-17)9-10-25-2/h3-12H2,1-2H3,(H,18,24). The van der Waals surface area contributed by atoms with Crippen LogP contribution < -0.4 is 5.32 Å². The smallest absolute Gasteiger partial charge is 0.292 e. The van der Waals surface area contributed by atoms with Gasteiger partial charge < -0.3 is 19.5 Å². The quantitative estimate of drug-likeness (QED) is 0.773. The highest BCUT2D eigenvalue weighted by atomic mass is 16.5. The van der Waals surface area contributed by atoms with Gasteiger partial charge in [0.25, 0.3) is 11.7 Å². The monoisotopic (exact) mass is 365 g/mol. The van der Waals surface area contributed by atoms with Crippen LogP contribution in [0, 0.1) is 5.41 Å². The molecule has 0 aromatic carbocycles. The number of amides is 2. The lowest BCUT2D eigenvalue weighted by Gasteiger charge is -2.47. The first-order chi connectivity index (χ1) is 12.5. The van der Waals surface area contributed by atoms with Crippen molar-refractivity contribution in [2.24, 2.45) is 5.41 Å². The van der Waals surface area contributed by atoms with Crippen molar-refractivity contribution >= 4 is 11.8 Å². The summed E-state index contributed by atoms with van der Waals surface area (Å²) in [4.78, 5) is 32.0. The molecule has 0 bridgehead atoms. The van der Waals surface area contributed by atoms with E-state index in [2.05, 4.69) is 20.4 Å². The van der Waals surface area contributed by atoms with Crippen LogP contribution in [0.25, 0.3) is 0 Å². The molecule has 26 heavy (non-hydrogen) atoms. The summed E-state index contributed by atoms with van der Waals surface area (Å²) in [5.41, 5.74) is 0.209. The van der Waals surface area contributed by atoms with Gasteiger partial charge in [-0.15, -0.1) is 0 Å². The predicted molar refractivity (Wildman–Crippen MR) is 92.3 cm³/mol. The van der Waals surface area contributed by atoms with Gasteiger partial charge in [-0.3, -0.25) is 14.5 Å². The molecule has 9 heteroatoms. The second-order valence-corrected chi connectivity index (χ2v) is 7.18. The fourth-order valence-corrected chi connectivity index (χ4v) is 3.82. The van der Waals surface area contributed by atoms with E-state index in [1.54, 1.807) is 7.11 Å². The Labute approximate surface area is 153 Å². The normalized spacial score (nSPS) is 20.5. The largest absolute Gasteiger partial charge is 0.383 e. The highest BCUT2D eigenvalue weighted by Crippen LogP contribution is 2.40. The van der Waals surface area contributed by atoms with E-state index in [9.17, 15) is 9.59 Å². The molecule has 1 spiro atoms. The number of hydrogen-bond acceptors (Lipinski definition) is 7. The number of nitrogens with one attached hydrogen (secondary N) is 1. The van der Waals surface area contributed by atoms with E-state index in [1.807, 2.05) is 4.90 Å². The predicted octanol–water partition coefficient (Wildman–Crippen LogP) is 0.280. The number of methoxy groups -OCH3 is 1. The number of nitrogens with zero attached hydrogens (tertiary/aromatic N) is 4. The highest BCUT2D eigenvalue weighted by molar-refractivity contribution is 5.89. The van der Waals surface area contributed by atoms with E-state index in [0.29, 0.717) is 32.0 Å². The Morgan fingerprint density at radius 1 is 1.35 bits per heavy atom. The number of aromatic nitrogens is 2. The fourth-order valence-electron chi connectivity index (χ4n) is 3.82. The molecule has 0 atom stereocenters. The lowest BCUT2D eigenvalue weighted by molar-refractivity contribution is -0.140. The fraction of sp³-hybridized carbons (Fsp3) is 0.765. The zero-order chi connectivity index (χ0) is 18.6. The summed E-state index contributed by atoms with van der Waals surface area (Å²) in [7, 11) is 3.20. The topological polar surface area (TPSA) is 101 Å². The maximum Gasteiger partial charge on any atom is 0.292 e. The van der Waals surface area contributed by atoms with Crippen LogP contribution >= 0.6 is 0 Å². The van der Waals surface area contributed by atoms with Crippen LogP contribution in [0.2, 0.25) is 0 Å². The SMILES string of the molecule is CNC(=O)c1noc(CN2CCC3(CCC(=O)N(CCOC)C3)CC2)n1. The molecule has 0 unspecified atom stereocenters. The Morgan fingerprint density at radius 2 is 2.12 bits per heavy atom. The zero-order valence-corrected chi connectivity index (χ0v) is 15.5. The summed E-state index contributed by atoms with van der Waals surface area (Å²) in [6, 6.07) is 0. The van der Waals surface area contributed by atoms with Crippen molar-refractivity contribution in [1.82, 2.24) is 25.3 Å². The van der Waals surface area contributed by atoms with Crippen LogP contribution in [0.3, 0.4) is 0 Å². The lowest BCUT2D eigenvalue weighted by atomic mass is 9.72. The Bertz CT molecular complexity index is 639. The van der Waals surface area contributed by atoms with Crippen molar-refractivity contribution in [3.05, 3.63) is 11.7 Å². The zero-order valence-electron chi connectivity index (χ0n) is 15.5. The van der Waals surface area contributed by atoms with E-state index in [4.69, 9.17) is 9.26 Å². The molecule has 2 aliphatic heterocycles. The average molecular weight is 365 g/mol. The van der Waals surface area contributed by atoms with Crippen molar-refractivity contribution in [3.63, 3.8) is 0 Å². The number of carbonyl (C=O) groups is 2. The first-order valence-electron chi connectivity index (χ1n) is 9.09. The molecule has 1 aromatic heterocycles. The molecule has 2 saturated heterocycles. The number of ether oxygens (including phenoxy) is 1. The molecule has 0 radical (unpaired) electrons. The molecule has 0 aliphatic carbocycles. The van der Waals surface area contributed by atoms with Gasteiger partial charge in [0.05, 0.1) is 13.2 Å². The van der Waals surface area contributed by atoms with Crippen LogP contribution in [-0.4, -0.2) is 78.7 Å². The van der Waals surface area contributed by atoms with Gasteiger partial charge in [0.15, 0.2) is 0 Å². The highest BCUT2D eigenvalue weighted by Gasteiger charge is 2.40. The minimum absolute atomic E-state index is 0.0653. The third kappa shape index (κ3) is 4.21. The Morgan fingerprint density at radius 3 is 2.81 bits per heavy atom. The molecular formula is C17H27N5O4. The van der Waals surface area contributed by atoms with Gasteiger partial charge in [-0.25, -0.2) is 0 Å². The van der Waals surface area contributed by atoms with Gasteiger partial charge in [0, 0.05) is 33.7 Å². The summed E-state index contributed by atoms with van der Waals surface area (Å²) in [6.45, 7) is 4.47. The molecule has 2 amide bonds. The van der Waals surface area contributed by atoms with Crippen molar-refractivity contribution in [3.8, 4) is 0 Å². The number of likely N-dealkylation sites (tertiary alicyclic amines) is 2. The van der Waals surface area contributed by atoms with Gasteiger partial charge in [-0.1, -0.05) is 5.16 Å². The Balaban J connectivity index is 1.52. The number of carbonyl (C=O) groups excluding carboxylic acids is 2. The van der Waals surface area contributed by atoms with Gasteiger partial charge in [-0.05, 0) is 37.8 Å². The first kappa shape index (κ1) is 18.8. The molecule has 144 valence electrons. The molecule has 2 aliphatic rings. The summed E-state index contributed by atoms with van der Waals surface area (Å²) in [5, 5.41) is 6.18. The van der Waals surface area contributed by atoms with E-state index < -0.39 is 0 Å². The Kier molecular flexibility index (Phi) is 5.87. The minimum atomic E-state index is -0.347. The summed E-state index contributed by atoms with van der Waals surface area (Å²) in [5.74, 6) is 0.416. The molecule has 3 heterocycles. The van der Waals surface area contributed by atoms with E-state index in [0.717, 1.165) is 38.9 Å². The second kappa shape index (κ2) is 8.13. The van der Waals surface area contributed by atoms with Crippen LogP contribution in [-0.2, 0) is 16.1 Å². The van der Waals surface area contributed by atoms with Crippen molar-refractivity contribution in [2.45, 2.75) is 32.2 Å². The summed E-state index contributed by atoms with van der Waals surface area (Å²) in [6.07, 6.45) is 3.67. The van der Waals surface area contributed by atoms with Crippen molar-refractivity contribution in [2.75, 3.05) is 46.9 Å². The molecular weight excluding hydrogens is 338 g/mol. The second-order valence-electron chi connectivity index (χ2n) is 7.18. The van der Waals surface area contributed by atoms with Gasteiger partial charge >= 0.3 is 0 Å². The van der Waals surface area contributed by atoms with E-state index >= 15 is 0 Å². The third-order valence-electron chi connectivity index (χ3n) is 5.49. The average Bonchev–Trinajstić information content (AvgIpc) is 3.12. The van der Waals surface area contributed by atoms with E-state index in [-0.39, 0.29) is 23.1 Å². The number of rotatable bonds is 6. The molecule has 2 fully saturated rings. The summed E-state index contributed by atoms with van der Waals surface area (Å²) < 4.78 is 10.3. The summed E-state index contributed by atoms with van der Waals surface area (Å²) >= 11 is 0. The number of hydrogen-bond donors (Lipinski definition) is 1. The maximum absolute atomic E-state index is 12.1. The molecule has 1 N–H and O–H groups in total. The Hall–Kier alpha value is -2.00. The van der Waals surface area contributed by atoms with Gasteiger partial charge in [-0.2, -0.15) is 4.98 Å². The molecule has 0 saturated carbocycles. The molecule has 3 rings (SSSR count). The van der Waals surface area contributed by atoms with Crippen LogP contribution in [0.15, 0.2) is 4.52 Å². The minimum Gasteiger partial charge on any atom is -0.383 e. The maximum atomic E-state index is 12.1. The van der Waals surface area contributed by atoms with E-state index in [1.165, 1.54) is 7.05 Å².